The fourth-order valence-electron chi connectivity index (χ4n) is 3.87. The topological polar surface area (TPSA) is 118 Å². The molecule has 1 aliphatic heterocycles. The molecule has 2 fully saturated rings. The van der Waals surface area contributed by atoms with Crippen LogP contribution in [0.3, 0.4) is 0 Å². The van der Waals surface area contributed by atoms with E-state index < -0.39 is 12.1 Å². The maximum absolute atomic E-state index is 12.7. The normalized spacial score (nSPS) is 25.8. The van der Waals surface area contributed by atoms with E-state index in [1.165, 1.54) is 6.20 Å². The standard InChI is InChI=1S/C19H20BrN5O4/c20-11-2-1-3-14(8-11)29-17-7-4-12(10-21-17)22-19(26)18-15-9-13(25(27)28)5-6-16(15)23-24-18/h1-4,7-8,10,13,15-16,18,23-24H,5-6,9H2,(H,22,26). The lowest BCUT2D eigenvalue weighted by molar-refractivity contribution is -0.528. The number of aromatic nitrogens is 1. The van der Waals surface area contributed by atoms with Crippen molar-refractivity contribution in [1.29, 1.82) is 0 Å². The number of fused-ring (bicyclic) bond motifs is 1. The molecule has 1 saturated carbocycles. The van der Waals surface area contributed by atoms with Crippen LogP contribution in [0.5, 0.6) is 11.6 Å². The van der Waals surface area contributed by atoms with Crippen LogP contribution in [0.4, 0.5) is 5.69 Å². The molecule has 0 spiro atoms. The fraction of sp³-hybridized carbons (Fsp3) is 0.368. The van der Waals surface area contributed by atoms with Crippen molar-refractivity contribution in [2.45, 2.75) is 37.4 Å². The number of benzene rings is 1. The first-order chi connectivity index (χ1) is 14.0. The summed E-state index contributed by atoms with van der Waals surface area (Å²) < 4.78 is 6.58. The Bertz CT molecular complexity index is 910. The van der Waals surface area contributed by atoms with Gasteiger partial charge in [0.1, 0.15) is 11.8 Å². The molecule has 2 aliphatic rings. The average Bonchev–Trinajstić information content (AvgIpc) is 3.13. The quantitative estimate of drug-likeness (QED) is 0.462. The first-order valence-electron chi connectivity index (χ1n) is 9.34. The van der Waals surface area contributed by atoms with Crippen LogP contribution in [0.25, 0.3) is 0 Å². The fourth-order valence-corrected chi connectivity index (χ4v) is 4.25. The van der Waals surface area contributed by atoms with E-state index in [9.17, 15) is 14.9 Å². The van der Waals surface area contributed by atoms with Crippen molar-refractivity contribution in [3.8, 4) is 11.6 Å². The molecule has 2 aromatic rings. The number of hydrazine groups is 1. The summed E-state index contributed by atoms with van der Waals surface area (Å²) >= 11 is 3.39. The second-order valence-corrected chi connectivity index (χ2v) is 8.14. The smallest absolute Gasteiger partial charge is 0.243 e. The summed E-state index contributed by atoms with van der Waals surface area (Å²) in [7, 11) is 0. The number of nitrogens with one attached hydrogen (secondary N) is 3. The molecule has 0 radical (unpaired) electrons. The zero-order chi connectivity index (χ0) is 20.4. The molecule has 1 aromatic carbocycles. The maximum Gasteiger partial charge on any atom is 0.243 e. The van der Waals surface area contributed by atoms with Crippen LogP contribution in [0.1, 0.15) is 19.3 Å². The highest BCUT2D eigenvalue weighted by Crippen LogP contribution is 2.32. The van der Waals surface area contributed by atoms with Crippen LogP contribution >= 0.6 is 15.9 Å². The highest BCUT2D eigenvalue weighted by Gasteiger charge is 2.46. The number of nitro groups is 1. The Hall–Kier alpha value is -2.56. The van der Waals surface area contributed by atoms with Crippen molar-refractivity contribution >= 4 is 27.5 Å². The SMILES string of the molecule is O=C(Nc1ccc(Oc2cccc(Br)c2)nc1)C1NNC2CCC([N+](=O)[O-])CC21. The van der Waals surface area contributed by atoms with Crippen LogP contribution in [0, 0.1) is 16.0 Å². The molecule has 0 bridgehead atoms. The van der Waals surface area contributed by atoms with E-state index in [1.54, 1.807) is 12.1 Å². The minimum Gasteiger partial charge on any atom is -0.439 e. The number of hydrogen-bond acceptors (Lipinski definition) is 7. The molecule has 1 aliphatic carbocycles. The van der Waals surface area contributed by atoms with Crippen LogP contribution in [-0.4, -0.2) is 33.9 Å². The zero-order valence-electron chi connectivity index (χ0n) is 15.4. The Morgan fingerprint density at radius 1 is 1.28 bits per heavy atom. The first kappa shape index (κ1) is 19.7. The number of halogens is 1. The van der Waals surface area contributed by atoms with E-state index in [0.29, 0.717) is 36.6 Å². The van der Waals surface area contributed by atoms with E-state index in [-0.39, 0.29) is 22.8 Å². The lowest BCUT2D eigenvalue weighted by atomic mass is 9.79. The second-order valence-electron chi connectivity index (χ2n) is 7.22. The van der Waals surface area contributed by atoms with E-state index in [2.05, 4.69) is 37.1 Å². The van der Waals surface area contributed by atoms with E-state index in [0.717, 1.165) is 4.47 Å². The van der Waals surface area contributed by atoms with Gasteiger partial charge in [-0.1, -0.05) is 22.0 Å². The molecule has 4 rings (SSSR count). The van der Waals surface area contributed by atoms with Gasteiger partial charge in [0.2, 0.25) is 17.8 Å². The molecule has 29 heavy (non-hydrogen) atoms. The Morgan fingerprint density at radius 3 is 2.86 bits per heavy atom. The third kappa shape index (κ3) is 4.55. The van der Waals surface area contributed by atoms with Gasteiger partial charge < -0.3 is 10.1 Å². The lowest BCUT2D eigenvalue weighted by Crippen LogP contribution is -2.44. The van der Waals surface area contributed by atoms with Crippen LogP contribution in [0.15, 0.2) is 47.1 Å². The van der Waals surface area contributed by atoms with E-state index in [1.807, 2.05) is 24.3 Å². The molecule has 1 saturated heterocycles. The average molecular weight is 462 g/mol. The van der Waals surface area contributed by atoms with E-state index in [4.69, 9.17) is 4.74 Å². The molecule has 4 unspecified atom stereocenters. The summed E-state index contributed by atoms with van der Waals surface area (Å²) in [5.41, 5.74) is 6.63. The third-order valence-electron chi connectivity index (χ3n) is 5.33. The first-order valence-corrected chi connectivity index (χ1v) is 10.1. The van der Waals surface area contributed by atoms with Crippen molar-refractivity contribution < 1.29 is 14.5 Å². The van der Waals surface area contributed by atoms with E-state index >= 15 is 0 Å². The number of carbonyl (C=O) groups is 1. The largest absolute Gasteiger partial charge is 0.439 e. The van der Waals surface area contributed by atoms with Gasteiger partial charge in [0, 0.05) is 40.3 Å². The highest BCUT2D eigenvalue weighted by molar-refractivity contribution is 9.10. The Balaban J connectivity index is 1.37. The number of anilines is 1. The van der Waals surface area contributed by atoms with Gasteiger partial charge in [-0.05, 0) is 30.7 Å². The summed E-state index contributed by atoms with van der Waals surface area (Å²) in [6.07, 6.45) is 3.11. The molecule has 4 atom stereocenters. The Kier molecular flexibility index (Phi) is 5.74. The number of rotatable bonds is 5. The van der Waals surface area contributed by atoms with Crippen LogP contribution < -0.4 is 20.9 Å². The molecule has 1 amide bonds. The predicted molar refractivity (Wildman–Crippen MR) is 109 cm³/mol. The number of hydrogen-bond donors (Lipinski definition) is 3. The second kappa shape index (κ2) is 8.44. The Labute approximate surface area is 175 Å². The summed E-state index contributed by atoms with van der Waals surface area (Å²) in [6.45, 7) is 0. The lowest BCUT2D eigenvalue weighted by Gasteiger charge is -2.28. The number of nitrogens with zero attached hydrogens (tertiary/aromatic N) is 2. The monoisotopic (exact) mass is 461 g/mol. The van der Waals surface area contributed by atoms with Gasteiger partial charge in [0.15, 0.2) is 0 Å². The number of ether oxygens (including phenoxy) is 1. The van der Waals surface area contributed by atoms with Crippen molar-refractivity contribution in [3.05, 3.63) is 57.2 Å². The highest BCUT2D eigenvalue weighted by atomic mass is 79.9. The number of pyridine rings is 1. The molecular formula is C19H20BrN5O4. The third-order valence-corrected chi connectivity index (χ3v) is 5.82. The molecule has 3 N–H and O–H groups in total. The van der Waals surface area contributed by atoms with Gasteiger partial charge in [0.25, 0.3) is 0 Å². The summed E-state index contributed by atoms with van der Waals surface area (Å²) in [5, 5.41) is 14.0. The van der Waals surface area contributed by atoms with Crippen LogP contribution in [0.2, 0.25) is 0 Å². The summed E-state index contributed by atoms with van der Waals surface area (Å²) in [4.78, 5) is 27.8. The van der Waals surface area contributed by atoms with Gasteiger partial charge in [-0.2, -0.15) is 0 Å². The van der Waals surface area contributed by atoms with Crippen molar-refractivity contribution in [3.63, 3.8) is 0 Å². The summed E-state index contributed by atoms with van der Waals surface area (Å²) in [5.74, 6) is 0.694. The van der Waals surface area contributed by atoms with Gasteiger partial charge in [0.05, 0.1) is 11.9 Å². The summed E-state index contributed by atoms with van der Waals surface area (Å²) in [6, 6.07) is 9.73. The van der Waals surface area contributed by atoms with Crippen LogP contribution in [-0.2, 0) is 4.79 Å². The maximum atomic E-state index is 12.7. The predicted octanol–water partition coefficient (Wildman–Crippen LogP) is 2.87. The van der Waals surface area contributed by atoms with Gasteiger partial charge in [-0.15, -0.1) is 0 Å². The van der Waals surface area contributed by atoms with Crippen molar-refractivity contribution in [2.24, 2.45) is 5.92 Å². The molecule has 152 valence electrons. The van der Waals surface area contributed by atoms with Gasteiger partial charge in [-0.3, -0.25) is 20.3 Å². The molecule has 2 heterocycles. The molecule has 10 heteroatoms. The minimum absolute atomic E-state index is 0.0704. The zero-order valence-corrected chi connectivity index (χ0v) is 17.0. The molecule has 9 nitrogen and oxygen atoms in total. The van der Waals surface area contributed by atoms with Crippen molar-refractivity contribution in [2.75, 3.05) is 5.32 Å². The molecular weight excluding hydrogens is 442 g/mol. The van der Waals surface area contributed by atoms with Gasteiger partial charge in [-0.25, -0.2) is 10.4 Å². The van der Waals surface area contributed by atoms with Gasteiger partial charge >= 0.3 is 0 Å². The van der Waals surface area contributed by atoms with Crippen molar-refractivity contribution in [1.82, 2.24) is 15.8 Å². The molecule has 1 aromatic heterocycles. The minimum atomic E-state index is -0.593. The number of carbonyl (C=O) groups excluding carboxylic acids is 1. The number of amides is 1. The Morgan fingerprint density at radius 2 is 2.14 bits per heavy atom.